The first-order valence-corrected chi connectivity index (χ1v) is 17.0. The number of ether oxygens (including phenoxy) is 1. The predicted molar refractivity (Wildman–Crippen MR) is 176 cm³/mol. The van der Waals surface area contributed by atoms with Crippen LogP contribution in [0.2, 0.25) is 0 Å². The number of carbonyl (C=O) groups excluding carboxylic acids is 4. The molecule has 4 saturated carbocycles. The zero-order valence-electron chi connectivity index (χ0n) is 28.1. The van der Waals surface area contributed by atoms with Crippen LogP contribution in [0.5, 0.6) is 0 Å². The van der Waals surface area contributed by atoms with Crippen LogP contribution in [-0.4, -0.2) is 81.0 Å². The van der Waals surface area contributed by atoms with E-state index in [0.29, 0.717) is 42.6 Å². The van der Waals surface area contributed by atoms with Gasteiger partial charge in [0.2, 0.25) is 5.91 Å². The van der Waals surface area contributed by atoms with Crippen LogP contribution in [0.15, 0.2) is 60.7 Å². The van der Waals surface area contributed by atoms with Crippen LogP contribution in [-0.2, 0) is 31.2 Å². The Morgan fingerprint density at radius 1 is 0.938 bits per heavy atom. The number of imide groups is 1. The standard InChI is InChI=1S/C37H46N4O7/c1-23(2)30(40-33(45)36(3,28-13-9-6-10-14-28)39(34(40)46)22-24-11-7-5-8-12-24)31(42)38-21-29(32(43)44)41(35(47)48-4)37-18-25-15-26(19-37)17-27(16-25)20-37/h5-14,23,25-27,29-30H,15-22H2,1-4H3,(H,38,42)(H,43,44)/t25?,26?,27?,29-,30?,36?,37?/m0/s1. The minimum Gasteiger partial charge on any atom is -0.480 e. The van der Waals surface area contributed by atoms with E-state index in [1.54, 1.807) is 45.0 Å². The van der Waals surface area contributed by atoms with Crippen molar-refractivity contribution in [2.45, 2.75) is 89.0 Å². The second-order valence-electron chi connectivity index (χ2n) is 14.7. The average molecular weight is 659 g/mol. The molecule has 256 valence electrons. The molecule has 5 aliphatic rings. The molecule has 5 fully saturated rings. The highest BCUT2D eigenvalue weighted by Gasteiger charge is 2.60. The summed E-state index contributed by atoms with van der Waals surface area (Å²) in [7, 11) is 1.25. The number of carboxylic acid groups (broad SMARTS) is 1. The van der Waals surface area contributed by atoms with Gasteiger partial charge in [-0.25, -0.2) is 19.3 Å². The van der Waals surface area contributed by atoms with E-state index in [-0.39, 0.29) is 6.54 Å². The van der Waals surface area contributed by atoms with Gasteiger partial charge < -0.3 is 20.1 Å². The first-order chi connectivity index (χ1) is 22.9. The van der Waals surface area contributed by atoms with Gasteiger partial charge in [-0.15, -0.1) is 0 Å². The molecule has 1 aliphatic heterocycles. The number of nitrogens with zero attached hydrogens (tertiary/aromatic N) is 3. The third-order valence-electron chi connectivity index (χ3n) is 11.3. The highest BCUT2D eigenvalue weighted by molar-refractivity contribution is 6.10. The van der Waals surface area contributed by atoms with Gasteiger partial charge in [0.25, 0.3) is 5.91 Å². The summed E-state index contributed by atoms with van der Waals surface area (Å²) in [5.41, 5.74) is -0.612. The van der Waals surface area contributed by atoms with E-state index in [1.807, 2.05) is 36.4 Å². The molecule has 2 N–H and O–H groups in total. The molecule has 1 heterocycles. The van der Waals surface area contributed by atoms with Crippen LogP contribution in [0.1, 0.15) is 70.4 Å². The smallest absolute Gasteiger partial charge is 0.410 e. The maximum absolute atomic E-state index is 14.5. The van der Waals surface area contributed by atoms with Crippen LogP contribution in [0.3, 0.4) is 0 Å². The van der Waals surface area contributed by atoms with Crippen LogP contribution in [0.4, 0.5) is 9.59 Å². The van der Waals surface area contributed by atoms with Crippen molar-refractivity contribution in [1.29, 1.82) is 0 Å². The van der Waals surface area contributed by atoms with E-state index in [4.69, 9.17) is 4.74 Å². The Morgan fingerprint density at radius 2 is 1.48 bits per heavy atom. The zero-order valence-corrected chi connectivity index (χ0v) is 28.1. The molecule has 11 heteroatoms. The quantitative estimate of drug-likeness (QED) is 0.325. The molecule has 2 aromatic rings. The van der Waals surface area contributed by atoms with E-state index < -0.39 is 65.5 Å². The molecule has 7 rings (SSSR count). The number of benzene rings is 2. The van der Waals surface area contributed by atoms with Crippen molar-refractivity contribution >= 4 is 29.9 Å². The number of carbonyl (C=O) groups is 5. The Labute approximate surface area is 281 Å². The summed E-state index contributed by atoms with van der Waals surface area (Å²) in [6.45, 7) is 4.93. The lowest BCUT2D eigenvalue weighted by molar-refractivity contribution is -0.152. The van der Waals surface area contributed by atoms with E-state index >= 15 is 0 Å². The number of aliphatic carboxylic acids is 1. The molecule has 0 aromatic heterocycles. The Morgan fingerprint density at radius 3 is 1.98 bits per heavy atom. The van der Waals surface area contributed by atoms with Crippen LogP contribution in [0, 0.1) is 23.7 Å². The lowest BCUT2D eigenvalue weighted by Crippen LogP contribution is -2.67. The van der Waals surface area contributed by atoms with Gasteiger partial charge >= 0.3 is 18.1 Å². The molecule has 2 aromatic carbocycles. The van der Waals surface area contributed by atoms with Crippen LogP contribution >= 0.6 is 0 Å². The lowest BCUT2D eigenvalue weighted by Gasteiger charge is -2.60. The first-order valence-electron chi connectivity index (χ1n) is 17.0. The fraction of sp³-hybridized carbons (Fsp3) is 0.541. The molecule has 4 bridgehead atoms. The lowest BCUT2D eigenvalue weighted by atomic mass is 9.52. The summed E-state index contributed by atoms with van der Waals surface area (Å²) >= 11 is 0. The largest absolute Gasteiger partial charge is 0.480 e. The first kappa shape index (κ1) is 33.5. The van der Waals surface area contributed by atoms with Gasteiger partial charge in [0.15, 0.2) is 6.04 Å². The fourth-order valence-electron chi connectivity index (χ4n) is 9.46. The van der Waals surface area contributed by atoms with Gasteiger partial charge in [-0.3, -0.25) is 14.5 Å². The highest BCUT2D eigenvalue weighted by Crippen LogP contribution is 2.58. The molecule has 0 spiro atoms. The normalized spacial score (nSPS) is 28.8. The maximum atomic E-state index is 14.5. The number of hydrogen-bond acceptors (Lipinski definition) is 6. The number of hydrogen-bond donors (Lipinski definition) is 2. The van der Waals surface area contributed by atoms with E-state index in [9.17, 15) is 29.1 Å². The molecular formula is C37H46N4O7. The number of carboxylic acids is 1. The summed E-state index contributed by atoms with van der Waals surface area (Å²) in [5, 5.41) is 13.2. The van der Waals surface area contributed by atoms with Crippen molar-refractivity contribution in [3.63, 3.8) is 0 Å². The van der Waals surface area contributed by atoms with Gasteiger partial charge in [-0.2, -0.15) is 0 Å². The third-order valence-corrected chi connectivity index (χ3v) is 11.3. The van der Waals surface area contributed by atoms with Gasteiger partial charge in [0, 0.05) is 18.6 Å². The van der Waals surface area contributed by atoms with E-state index in [2.05, 4.69) is 5.32 Å². The van der Waals surface area contributed by atoms with Crippen molar-refractivity contribution < 1.29 is 33.8 Å². The number of methoxy groups -OCH3 is 1. The Kier molecular flexibility index (Phi) is 9.00. The second-order valence-corrected chi connectivity index (χ2v) is 14.7. The summed E-state index contributed by atoms with van der Waals surface area (Å²) in [4.78, 5) is 73.0. The number of urea groups is 1. The molecule has 1 saturated heterocycles. The second kappa shape index (κ2) is 12.9. The minimum atomic E-state index is -1.40. The van der Waals surface area contributed by atoms with Crippen LogP contribution < -0.4 is 5.32 Å². The van der Waals surface area contributed by atoms with Crippen molar-refractivity contribution in [2.75, 3.05) is 13.7 Å². The Balaban J connectivity index is 1.28. The molecule has 2 unspecified atom stereocenters. The van der Waals surface area contributed by atoms with E-state index in [0.717, 1.165) is 29.7 Å². The van der Waals surface area contributed by atoms with Crippen molar-refractivity contribution in [2.24, 2.45) is 23.7 Å². The number of amides is 5. The van der Waals surface area contributed by atoms with Crippen molar-refractivity contribution in [1.82, 2.24) is 20.0 Å². The Hall–Kier alpha value is -4.41. The molecule has 48 heavy (non-hydrogen) atoms. The molecule has 4 aliphatic carbocycles. The maximum Gasteiger partial charge on any atom is 0.410 e. The fourth-order valence-corrected chi connectivity index (χ4v) is 9.46. The van der Waals surface area contributed by atoms with Gasteiger partial charge in [0.1, 0.15) is 11.6 Å². The number of nitrogens with one attached hydrogen (secondary N) is 1. The van der Waals surface area contributed by atoms with E-state index in [1.165, 1.54) is 16.9 Å². The Bertz CT molecular complexity index is 1530. The summed E-state index contributed by atoms with van der Waals surface area (Å²) in [6.07, 6.45) is 4.71. The van der Waals surface area contributed by atoms with Crippen molar-refractivity contribution in [3.05, 3.63) is 71.8 Å². The van der Waals surface area contributed by atoms with Gasteiger partial charge in [-0.1, -0.05) is 74.5 Å². The van der Waals surface area contributed by atoms with Gasteiger partial charge in [-0.05, 0) is 80.2 Å². The monoisotopic (exact) mass is 658 g/mol. The molecule has 3 atom stereocenters. The average Bonchev–Trinajstić information content (AvgIpc) is 3.23. The molecule has 5 amide bonds. The molecule has 11 nitrogen and oxygen atoms in total. The predicted octanol–water partition coefficient (Wildman–Crippen LogP) is 5.00. The number of rotatable bonds is 11. The van der Waals surface area contributed by atoms with Crippen molar-refractivity contribution in [3.8, 4) is 0 Å². The summed E-state index contributed by atoms with van der Waals surface area (Å²) < 4.78 is 5.17. The highest BCUT2D eigenvalue weighted by atomic mass is 16.5. The van der Waals surface area contributed by atoms with Crippen LogP contribution in [0.25, 0.3) is 0 Å². The molecule has 0 radical (unpaired) electrons. The summed E-state index contributed by atoms with van der Waals surface area (Å²) in [5.74, 6) is -1.66. The SMILES string of the molecule is COC(=O)N([C@@H](CNC(=O)C(C(C)C)N1C(=O)N(Cc2ccccc2)C(C)(c2ccccc2)C1=O)C(=O)O)C12CC3CC(CC(C3)C1)C2. The minimum absolute atomic E-state index is 0.139. The third kappa shape index (κ3) is 5.71. The zero-order chi connectivity index (χ0) is 34.4. The summed E-state index contributed by atoms with van der Waals surface area (Å²) in [6, 6.07) is 15.1. The van der Waals surface area contributed by atoms with Gasteiger partial charge in [0.05, 0.1) is 7.11 Å². The topological polar surface area (TPSA) is 137 Å². The molecular weight excluding hydrogens is 612 g/mol.